The SMILES string of the molecule is Cc1ccncc1CN1CCCC(C2CCCN2)C1. The monoisotopic (exact) mass is 259 g/mol. The molecule has 0 saturated carbocycles. The first-order valence-electron chi connectivity index (χ1n) is 7.68. The van der Waals surface area contributed by atoms with Crippen molar-refractivity contribution in [3.63, 3.8) is 0 Å². The van der Waals surface area contributed by atoms with Crippen LogP contribution in [0.25, 0.3) is 0 Å². The molecule has 0 aromatic carbocycles. The number of aryl methyl sites for hydroxylation is 1. The Labute approximate surface area is 116 Å². The highest BCUT2D eigenvalue weighted by Crippen LogP contribution is 2.25. The number of likely N-dealkylation sites (tertiary alicyclic amines) is 1. The molecule has 3 heterocycles. The van der Waals surface area contributed by atoms with Crippen LogP contribution in [0, 0.1) is 12.8 Å². The fourth-order valence-electron chi connectivity index (χ4n) is 3.58. The average Bonchev–Trinajstić information content (AvgIpc) is 2.96. The number of pyridine rings is 1. The van der Waals surface area contributed by atoms with Crippen molar-refractivity contribution in [2.75, 3.05) is 19.6 Å². The van der Waals surface area contributed by atoms with Gasteiger partial charge in [-0.05, 0) is 68.8 Å². The van der Waals surface area contributed by atoms with Crippen molar-refractivity contribution in [3.05, 3.63) is 29.6 Å². The molecule has 3 nitrogen and oxygen atoms in total. The summed E-state index contributed by atoms with van der Waals surface area (Å²) in [6, 6.07) is 2.90. The van der Waals surface area contributed by atoms with Crippen LogP contribution in [0.15, 0.2) is 18.5 Å². The van der Waals surface area contributed by atoms with Gasteiger partial charge in [-0.15, -0.1) is 0 Å². The van der Waals surface area contributed by atoms with Crippen molar-refractivity contribution in [3.8, 4) is 0 Å². The zero-order chi connectivity index (χ0) is 13.1. The molecule has 2 atom stereocenters. The fourth-order valence-corrected chi connectivity index (χ4v) is 3.58. The first-order valence-corrected chi connectivity index (χ1v) is 7.68. The number of rotatable bonds is 3. The van der Waals surface area contributed by atoms with Crippen LogP contribution in [0.5, 0.6) is 0 Å². The summed E-state index contributed by atoms with van der Waals surface area (Å²) in [5.74, 6) is 0.855. The van der Waals surface area contributed by atoms with Crippen LogP contribution in [0.4, 0.5) is 0 Å². The Morgan fingerprint density at radius 3 is 3.11 bits per heavy atom. The molecule has 0 aliphatic carbocycles. The molecule has 19 heavy (non-hydrogen) atoms. The number of nitrogens with zero attached hydrogens (tertiary/aromatic N) is 2. The van der Waals surface area contributed by atoms with E-state index in [0.717, 1.165) is 18.5 Å². The number of nitrogens with one attached hydrogen (secondary N) is 1. The van der Waals surface area contributed by atoms with Crippen molar-refractivity contribution in [1.29, 1.82) is 0 Å². The molecule has 3 heteroatoms. The lowest BCUT2D eigenvalue weighted by Gasteiger charge is -2.36. The predicted octanol–water partition coefficient (Wildman–Crippen LogP) is 2.35. The van der Waals surface area contributed by atoms with E-state index in [4.69, 9.17) is 0 Å². The maximum Gasteiger partial charge on any atom is 0.0315 e. The second-order valence-electron chi connectivity index (χ2n) is 6.14. The lowest BCUT2D eigenvalue weighted by molar-refractivity contribution is 0.145. The van der Waals surface area contributed by atoms with Crippen LogP contribution in [-0.4, -0.2) is 35.6 Å². The molecule has 3 rings (SSSR count). The fraction of sp³-hybridized carbons (Fsp3) is 0.688. The van der Waals surface area contributed by atoms with Crippen molar-refractivity contribution < 1.29 is 0 Å². The van der Waals surface area contributed by atoms with Gasteiger partial charge in [-0.2, -0.15) is 0 Å². The molecule has 2 aliphatic rings. The summed E-state index contributed by atoms with van der Waals surface area (Å²) >= 11 is 0. The lowest BCUT2D eigenvalue weighted by Crippen LogP contribution is -2.43. The molecular weight excluding hydrogens is 234 g/mol. The van der Waals surface area contributed by atoms with Gasteiger partial charge in [0.05, 0.1) is 0 Å². The largest absolute Gasteiger partial charge is 0.314 e. The van der Waals surface area contributed by atoms with E-state index in [0.29, 0.717) is 0 Å². The highest BCUT2D eigenvalue weighted by atomic mass is 15.1. The molecule has 1 aromatic heterocycles. The Balaban J connectivity index is 1.60. The summed E-state index contributed by atoms with van der Waals surface area (Å²) in [6.45, 7) is 6.99. The number of aromatic nitrogens is 1. The molecular formula is C16H25N3. The lowest BCUT2D eigenvalue weighted by atomic mass is 9.89. The normalized spacial score (nSPS) is 28.7. The summed E-state index contributed by atoms with van der Waals surface area (Å²) in [4.78, 5) is 6.89. The Morgan fingerprint density at radius 2 is 2.32 bits per heavy atom. The van der Waals surface area contributed by atoms with E-state index in [2.05, 4.69) is 28.2 Å². The highest BCUT2D eigenvalue weighted by Gasteiger charge is 2.28. The van der Waals surface area contributed by atoms with E-state index < -0.39 is 0 Å². The highest BCUT2D eigenvalue weighted by molar-refractivity contribution is 5.21. The number of piperidine rings is 1. The van der Waals surface area contributed by atoms with E-state index >= 15 is 0 Å². The van der Waals surface area contributed by atoms with Gasteiger partial charge >= 0.3 is 0 Å². The van der Waals surface area contributed by atoms with Crippen LogP contribution in [0.3, 0.4) is 0 Å². The van der Waals surface area contributed by atoms with Crippen LogP contribution >= 0.6 is 0 Å². The van der Waals surface area contributed by atoms with Gasteiger partial charge in [0.1, 0.15) is 0 Å². The molecule has 2 unspecified atom stereocenters. The first-order chi connectivity index (χ1) is 9.33. The van der Waals surface area contributed by atoms with Crippen molar-refractivity contribution >= 4 is 0 Å². The number of hydrogen-bond acceptors (Lipinski definition) is 3. The van der Waals surface area contributed by atoms with Crippen LogP contribution in [-0.2, 0) is 6.54 Å². The van der Waals surface area contributed by atoms with Gasteiger partial charge in [0, 0.05) is 31.5 Å². The van der Waals surface area contributed by atoms with Gasteiger partial charge in [0.25, 0.3) is 0 Å². The molecule has 0 spiro atoms. The minimum atomic E-state index is 0.776. The molecule has 0 radical (unpaired) electrons. The zero-order valence-corrected chi connectivity index (χ0v) is 11.9. The first kappa shape index (κ1) is 13.1. The van der Waals surface area contributed by atoms with Gasteiger partial charge in [-0.25, -0.2) is 0 Å². The molecule has 0 amide bonds. The Kier molecular flexibility index (Phi) is 4.14. The summed E-state index contributed by atoms with van der Waals surface area (Å²) in [7, 11) is 0. The smallest absolute Gasteiger partial charge is 0.0315 e. The van der Waals surface area contributed by atoms with Crippen molar-refractivity contribution in [1.82, 2.24) is 15.2 Å². The van der Waals surface area contributed by atoms with Gasteiger partial charge < -0.3 is 5.32 Å². The summed E-state index contributed by atoms with van der Waals surface area (Å²) in [5, 5.41) is 3.68. The van der Waals surface area contributed by atoms with E-state index in [1.807, 2.05) is 12.4 Å². The third-order valence-electron chi connectivity index (χ3n) is 4.75. The minimum Gasteiger partial charge on any atom is -0.314 e. The third kappa shape index (κ3) is 3.15. The standard InChI is InChI=1S/C16H25N3/c1-13-6-8-17-10-15(13)12-19-9-3-4-14(11-19)16-5-2-7-18-16/h6,8,10,14,16,18H,2-5,7,9,11-12H2,1H3. The molecule has 0 bridgehead atoms. The van der Waals surface area contributed by atoms with Crippen LogP contribution in [0.2, 0.25) is 0 Å². The van der Waals surface area contributed by atoms with Gasteiger partial charge in [0.2, 0.25) is 0 Å². The Morgan fingerprint density at radius 1 is 1.37 bits per heavy atom. The summed E-state index contributed by atoms with van der Waals surface area (Å²) < 4.78 is 0. The van der Waals surface area contributed by atoms with Gasteiger partial charge in [0.15, 0.2) is 0 Å². The van der Waals surface area contributed by atoms with Crippen LogP contribution in [0.1, 0.15) is 36.8 Å². The van der Waals surface area contributed by atoms with E-state index in [9.17, 15) is 0 Å². The second kappa shape index (κ2) is 6.02. The third-order valence-corrected chi connectivity index (χ3v) is 4.75. The molecule has 2 aliphatic heterocycles. The molecule has 2 saturated heterocycles. The van der Waals surface area contributed by atoms with Gasteiger partial charge in [-0.1, -0.05) is 0 Å². The second-order valence-corrected chi connectivity index (χ2v) is 6.14. The molecule has 2 fully saturated rings. The van der Waals surface area contributed by atoms with Crippen LogP contribution < -0.4 is 5.32 Å². The maximum atomic E-state index is 4.27. The average molecular weight is 259 g/mol. The van der Waals surface area contributed by atoms with Crippen molar-refractivity contribution in [2.45, 2.75) is 45.2 Å². The van der Waals surface area contributed by atoms with E-state index in [1.54, 1.807) is 0 Å². The van der Waals surface area contributed by atoms with Crippen molar-refractivity contribution in [2.24, 2.45) is 5.92 Å². The Hall–Kier alpha value is -0.930. The molecule has 104 valence electrons. The topological polar surface area (TPSA) is 28.2 Å². The zero-order valence-electron chi connectivity index (χ0n) is 11.9. The van der Waals surface area contributed by atoms with E-state index in [-0.39, 0.29) is 0 Å². The summed E-state index contributed by atoms with van der Waals surface area (Å²) in [5.41, 5.74) is 2.76. The molecule has 1 aromatic rings. The molecule has 1 N–H and O–H groups in total. The predicted molar refractivity (Wildman–Crippen MR) is 78.0 cm³/mol. The summed E-state index contributed by atoms with van der Waals surface area (Å²) in [6.07, 6.45) is 9.42. The minimum absolute atomic E-state index is 0.776. The quantitative estimate of drug-likeness (QED) is 0.903. The van der Waals surface area contributed by atoms with E-state index in [1.165, 1.54) is 56.4 Å². The maximum absolute atomic E-state index is 4.27. The Bertz CT molecular complexity index is 412. The number of hydrogen-bond donors (Lipinski definition) is 1. The van der Waals surface area contributed by atoms with Gasteiger partial charge in [-0.3, -0.25) is 9.88 Å².